The third-order valence-corrected chi connectivity index (χ3v) is 6.10. The third-order valence-electron chi connectivity index (χ3n) is 4.33. The maximum Gasteiger partial charge on any atom is 0.310 e. The molecular formula is C17H23N3O7S. The van der Waals surface area contributed by atoms with Crippen molar-refractivity contribution in [3.63, 3.8) is 0 Å². The molecule has 1 atom stereocenters. The van der Waals surface area contributed by atoms with Gasteiger partial charge in [0.1, 0.15) is 0 Å². The van der Waals surface area contributed by atoms with E-state index in [1.165, 1.54) is 17.0 Å². The number of likely N-dealkylation sites (N-methyl/N-ethyl adjacent to an activating group) is 1. The summed E-state index contributed by atoms with van der Waals surface area (Å²) in [6.07, 6.45) is 0.355. The highest BCUT2D eigenvalue weighted by molar-refractivity contribution is 7.91. The Hall–Kier alpha value is -2.69. The van der Waals surface area contributed by atoms with Crippen molar-refractivity contribution in [3.8, 4) is 5.75 Å². The fraction of sp³-hybridized carbons (Fsp3) is 0.529. The summed E-state index contributed by atoms with van der Waals surface area (Å²) in [6, 6.07) is 3.89. The zero-order chi connectivity index (χ0) is 20.9. The monoisotopic (exact) mass is 413 g/mol. The number of nitro groups is 1. The van der Waals surface area contributed by atoms with Crippen LogP contribution < -0.4 is 10.1 Å². The van der Waals surface area contributed by atoms with E-state index in [2.05, 4.69) is 5.32 Å². The summed E-state index contributed by atoms with van der Waals surface area (Å²) in [5.74, 6) is -1.04. The summed E-state index contributed by atoms with van der Waals surface area (Å²) in [6.45, 7) is 2.95. The van der Waals surface area contributed by atoms with Crippen molar-refractivity contribution in [2.45, 2.75) is 26.3 Å². The molecule has 1 aliphatic rings. The first-order valence-electron chi connectivity index (χ1n) is 8.76. The molecule has 1 aliphatic heterocycles. The van der Waals surface area contributed by atoms with Gasteiger partial charge in [-0.2, -0.15) is 0 Å². The Balaban J connectivity index is 1.92. The van der Waals surface area contributed by atoms with Gasteiger partial charge in [0, 0.05) is 18.7 Å². The number of amides is 2. The second-order valence-electron chi connectivity index (χ2n) is 6.59. The molecule has 28 heavy (non-hydrogen) atoms. The van der Waals surface area contributed by atoms with Crippen LogP contribution in [0.4, 0.5) is 5.69 Å². The first kappa shape index (κ1) is 21.6. The molecule has 1 aromatic carbocycles. The summed E-state index contributed by atoms with van der Waals surface area (Å²) < 4.78 is 28.2. The third kappa shape index (κ3) is 5.91. The summed E-state index contributed by atoms with van der Waals surface area (Å²) >= 11 is 0. The summed E-state index contributed by atoms with van der Waals surface area (Å²) in [5, 5.41) is 13.7. The molecule has 0 saturated carbocycles. The van der Waals surface area contributed by atoms with Gasteiger partial charge in [-0.15, -0.1) is 0 Å². The Labute approximate surface area is 162 Å². The summed E-state index contributed by atoms with van der Waals surface area (Å²) in [4.78, 5) is 36.2. The second-order valence-corrected chi connectivity index (χ2v) is 8.82. The maximum absolute atomic E-state index is 12.3. The van der Waals surface area contributed by atoms with E-state index in [1.54, 1.807) is 19.9 Å². The van der Waals surface area contributed by atoms with Gasteiger partial charge in [-0.05, 0) is 31.9 Å². The van der Waals surface area contributed by atoms with Gasteiger partial charge in [0.25, 0.3) is 5.91 Å². The van der Waals surface area contributed by atoms with Crippen molar-refractivity contribution in [3.05, 3.63) is 33.9 Å². The smallest absolute Gasteiger partial charge is 0.310 e. The summed E-state index contributed by atoms with van der Waals surface area (Å²) in [7, 11) is -3.12. The number of nitro benzene ring substituents is 1. The fourth-order valence-electron chi connectivity index (χ4n) is 2.85. The van der Waals surface area contributed by atoms with Crippen LogP contribution in [-0.4, -0.2) is 67.3 Å². The average molecular weight is 413 g/mol. The van der Waals surface area contributed by atoms with E-state index in [1.807, 2.05) is 0 Å². The Morgan fingerprint density at radius 2 is 2.11 bits per heavy atom. The zero-order valence-corrected chi connectivity index (χ0v) is 16.5. The highest BCUT2D eigenvalue weighted by Crippen LogP contribution is 2.27. The minimum absolute atomic E-state index is 0.0185. The molecule has 1 fully saturated rings. The van der Waals surface area contributed by atoms with E-state index in [-0.39, 0.29) is 36.0 Å². The minimum atomic E-state index is -3.12. The lowest BCUT2D eigenvalue weighted by Gasteiger charge is -2.21. The molecule has 11 heteroatoms. The lowest BCUT2D eigenvalue weighted by Crippen LogP contribution is -2.45. The number of nitrogens with one attached hydrogen (secondary N) is 1. The molecule has 0 spiro atoms. The molecule has 0 aromatic heterocycles. The number of hydrogen-bond donors (Lipinski definition) is 1. The zero-order valence-electron chi connectivity index (χ0n) is 15.7. The molecule has 0 bridgehead atoms. The fourth-order valence-corrected chi connectivity index (χ4v) is 4.52. The summed E-state index contributed by atoms with van der Waals surface area (Å²) in [5.41, 5.74) is 0.493. The molecule has 0 radical (unpaired) electrons. The Morgan fingerprint density at radius 1 is 1.39 bits per heavy atom. The van der Waals surface area contributed by atoms with Gasteiger partial charge < -0.3 is 15.0 Å². The van der Waals surface area contributed by atoms with Crippen LogP contribution in [0.15, 0.2) is 18.2 Å². The van der Waals surface area contributed by atoms with Crippen molar-refractivity contribution in [2.24, 2.45) is 0 Å². The predicted octanol–water partition coefficient (Wildman–Crippen LogP) is 0.434. The van der Waals surface area contributed by atoms with E-state index < -0.39 is 39.2 Å². The van der Waals surface area contributed by atoms with Crippen LogP contribution in [-0.2, 0) is 19.4 Å². The van der Waals surface area contributed by atoms with Crippen LogP contribution in [0.3, 0.4) is 0 Å². The molecule has 2 amide bonds. The number of carbonyl (C=O) groups is 2. The highest BCUT2D eigenvalue weighted by Gasteiger charge is 2.29. The predicted molar refractivity (Wildman–Crippen MR) is 101 cm³/mol. The molecular weight excluding hydrogens is 390 g/mol. The van der Waals surface area contributed by atoms with E-state index >= 15 is 0 Å². The first-order chi connectivity index (χ1) is 13.1. The van der Waals surface area contributed by atoms with Gasteiger partial charge in [0.2, 0.25) is 5.91 Å². The van der Waals surface area contributed by atoms with Crippen LogP contribution in [0.5, 0.6) is 5.75 Å². The molecule has 2 rings (SSSR count). The first-order valence-corrected chi connectivity index (χ1v) is 10.6. The lowest BCUT2D eigenvalue weighted by molar-refractivity contribution is -0.385. The number of hydrogen-bond acceptors (Lipinski definition) is 7. The van der Waals surface area contributed by atoms with Gasteiger partial charge in [0.15, 0.2) is 22.2 Å². The van der Waals surface area contributed by atoms with E-state index in [9.17, 15) is 28.1 Å². The van der Waals surface area contributed by atoms with Crippen LogP contribution in [0.25, 0.3) is 0 Å². The standard InChI is InChI=1S/C17H23N3O7S/c1-3-19(9-16(21)18-13-6-7-28(25,26)11-13)17(22)10-27-15-8-12(2)4-5-14(15)20(23)24/h4-5,8,13H,3,6-7,9-11H2,1-2H3,(H,18,21). The highest BCUT2D eigenvalue weighted by atomic mass is 32.2. The topological polar surface area (TPSA) is 136 Å². The second kappa shape index (κ2) is 9.00. The molecule has 154 valence electrons. The van der Waals surface area contributed by atoms with Gasteiger partial charge >= 0.3 is 5.69 Å². The Kier molecular flexibility index (Phi) is 6.95. The average Bonchev–Trinajstić information content (AvgIpc) is 2.95. The lowest BCUT2D eigenvalue weighted by atomic mass is 10.2. The van der Waals surface area contributed by atoms with Gasteiger partial charge in [-0.3, -0.25) is 19.7 Å². The molecule has 0 aliphatic carbocycles. The van der Waals surface area contributed by atoms with Crippen LogP contribution in [0, 0.1) is 17.0 Å². The van der Waals surface area contributed by atoms with Crippen molar-refractivity contribution >= 4 is 27.3 Å². The molecule has 10 nitrogen and oxygen atoms in total. The van der Waals surface area contributed by atoms with Gasteiger partial charge in [0.05, 0.1) is 23.0 Å². The molecule has 1 unspecified atom stereocenters. The maximum atomic E-state index is 12.3. The van der Waals surface area contributed by atoms with Gasteiger partial charge in [-0.25, -0.2) is 8.42 Å². The van der Waals surface area contributed by atoms with Crippen molar-refractivity contribution in [1.82, 2.24) is 10.2 Å². The van der Waals surface area contributed by atoms with E-state index in [4.69, 9.17) is 4.74 Å². The van der Waals surface area contributed by atoms with Crippen LogP contribution in [0.1, 0.15) is 18.9 Å². The molecule has 1 saturated heterocycles. The number of ether oxygens (including phenoxy) is 1. The Bertz CT molecular complexity index is 870. The Morgan fingerprint density at radius 3 is 2.68 bits per heavy atom. The van der Waals surface area contributed by atoms with Gasteiger partial charge in [-0.1, -0.05) is 6.07 Å². The number of rotatable bonds is 8. The van der Waals surface area contributed by atoms with E-state index in [0.29, 0.717) is 6.42 Å². The SMILES string of the molecule is CCN(CC(=O)NC1CCS(=O)(=O)C1)C(=O)COc1cc(C)ccc1[N+](=O)[O-]. The van der Waals surface area contributed by atoms with Crippen molar-refractivity contribution < 1.29 is 27.7 Å². The van der Waals surface area contributed by atoms with Crippen LogP contribution in [0.2, 0.25) is 0 Å². The molecule has 1 heterocycles. The number of nitrogens with zero attached hydrogens (tertiary/aromatic N) is 2. The largest absolute Gasteiger partial charge is 0.477 e. The minimum Gasteiger partial charge on any atom is -0.477 e. The number of carbonyl (C=O) groups excluding carboxylic acids is 2. The quantitative estimate of drug-likeness (QED) is 0.482. The normalized spacial score (nSPS) is 17.7. The number of benzene rings is 1. The van der Waals surface area contributed by atoms with E-state index in [0.717, 1.165) is 5.56 Å². The number of sulfone groups is 1. The number of aryl methyl sites for hydroxylation is 1. The molecule has 1 aromatic rings. The van der Waals surface area contributed by atoms with Crippen molar-refractivity contribution in [2.75, 3.05) is 31.2 Å². The molecule has 1 N–H and O–H groups in total. The van der Waals surface area contributed by atoms with Crippen molar-refractivity contribution in [1.29, 1.82) is 0 Å². The van der Waals surface area contributed by atoms with Crippen LogP contribution >= 0.6 is 0 Å².